The number of nitrogen functional groups attached to an aromatic ring is 1. The summed E-state index contributed by atoms with van der Waals surface area (Å²) in [6.45, 7) is 1.34. The van der Waals surface area contributed by atoms with Gasteiger partial charge in [-0.1, -0.05) is 19.1 Å². The molecule has 0 fully saturated rings. The number of hydrogen-bond donors (Lipinski definition) is 1. The molecule has 2 rings (SSSR count). The number of carbonyl (C=O) groups excluding carboxylic acids is 2. The normalized spacial score (nSPS) is 10.5. The Bertz CT molecular complexity index is 938. The Morgan fingerprint density at radius 1 is 1.08 bits per heavy atom. The molecule has 0 aliphatic carbocycles. The summed E-state index contributed by atoms with van der Waals surface area (Å²) < 4.78 is 6.72. The Morgan fingerprint density at radius 3 is 2.24 bits per heavy atom. The first kappa shape index (κ1) is 18.2. The lowest BCUT2D eigenvalue weighted by Crippen LogP contribution is -2.42. The standard InChI is InChI=1S/C17H19N3O5/c1-4-10-5-7-11(8-6-10)16(23)25-9-12(21)13-14(18)19(2)17(24)20(3)15(13)22/h5-8H,4,9,18H2,1-3H3. The highest BCUT2D eigenvalue weighted by Gasteiger charge is 2.21. The lowest BCUT2D eigenvalue weighted by Gasteiger charge is -2.11. The van der Waals surface area contributed by atoms with E-state index in [9.17, 15) is 19.2 Å². The van der Waals surface area contributed by atoms with Crippen LogP contribution in [0.25, 0.3) is 0 Å². The molecule has 8 heteroatoms. The van der Waals surface area contributed by atoms with Crippen molar-refractivity contribution in [1.82, 2.24) is 9.13 Å². The number of aromatic nitrogens is 2. The first-order valence-electron chi connectivity index (χ1n) is 7.62. The third-order valence-corrected chi connectivity index (χ3v) is 3.92. The zero-order valence-electron chi connectivity index (χ0n) is 14.2. The molecule has 0 spiro atoms. The van der Waals surface area contributed by atoms with Crippen molar-refractivity contribution in [3.05, 3.63) is 61.8 Å². The Balaban J connectivity index is 2.19. The zero-order valence-corrected chi connectivity index (χ0v) is 14.2. The number of ketones is 1. The maximum atomic E-state index is 12.3. The highest BCUT2D eigenvalue weighted by molar-refractivity contribution is 6.02. The summed E-state index contributed by atoms with van der Waals surface area (Å²) in [4.78, 5) is 48.1. The fourth-order valence-corrected chi connectivity index (χ4v) is 2.29. The van der Waals surface area contributed by atoms with Crippen LogP contribution in [0.15, 0.2) is 33.9 Å². The largest absolute Gasteiger partial charge is 0.454 e. The van der Waals surface area contributed by atoms with E-state index in [1.165, 1.54) is 14.1 Å². The van der Waals surface area contributed by atoms with Crippen LogP contribution in [-0.4, -0.2) is 27.5 Å². The molecule has 1 aromatic carbocycles. The number of benzene rings is 1. The fourth-order valence-electron chi connectivity index (χ4n) is 2.29. The number of Topliss-reactive ketones (excluding diaryl/α,β-unsaturated/α-hetero) is 1. The molecular weight excluding hydrogens is 326 g/mol. The van der Waals surface area contributed by atoms with Crippen molar-refractivity contribution in [2.75, 3.05) is 12.3 Å². The lowest BCUT2D eigenvalue weighted by atomic mass is 10.1. The quantitative estimate of drug-likeness (QED) is 0.614. The van der Waals surface area contributed by atoms with Gasteiger partial charge in [-0.2, -0.15) is 0 Å². The molecule has 8 nitrogen and oxygen atoms in total. The van der Waals surface area contributed by atoms with Crippen LogP contribution in [0.5, 0.6) is 0 Å². The van der Waals surface area contributed by atoms with Gasteiger partial charge in [0.1, 0.15) is 11.4 Å². The molecule has 0 aliphatic rings. The second kappa shape index (κ2) is 7.16. The van der Waals surface area contributed by atoms with Gasteiger partial charge in [0.15, 0.2) is 6.61 Å². The van der Waals surface area contributed by atoms with Crippen LogP contribution >= 0.6 is 0 Å². The van der Waals surface area contributed by atoms with Crippen LogP contribution < -0.4 is 17.0 Å². The molecule has 132 valence electrons. The summed E-state index contributed by atoms with van der Waals surface area (Å²) in [5.41, 5.74) is 5.21. The molecule has 0 radical (unpaired) electrons. The Kier molecular flexibility index (Phi) is 5.21. The average Bonchev–Trinajstić information content (AvgIpc) is 2.63. The van der Waals surface area contributed by atoms with Crippen molar-refractivity contribution in [2.24, 2.45) is 14.1 Å². The number of ether oxygens (including phenoxy) is 1. The van der Waals surface area contributed by atoms with Crippen LogP contribution in [0, 0.1) is 0 Å². The SMILES string of the molecule is CCc1ccc(C(=O)OCC(=O)c2c(N)n(C)c(=O)n(C)c2=O)cc1. The number of aryl methyl sites for hydroxylation is 1. The molecule has 0 saturated heterocycles. The Labute approximate surface area is 143 Å². The molecule has 0 amide bonds. The highest BCUT2D eigenvalue weighted by atomic mass is 16.5. The molecular formula is C17H19N3O5. The maximum Gasteiger partial charge on any atom is 0.338 e. The summed E-state index contributed by atoms with van der Waals surface area (Å²) >= 11 is 0. The summed E-state index contributed by atoms with van der Waals surface area (Å²) in [7, 11) is 2.58. The Hall–Kier alpha value is -3.16. The monoisotopic (exact) mass is 345 g/mol. The zero-order chi connectivity index (χ0) is 18.7. The number of nitrogens with two attached hydrogens (primary N) is 1. The predicted molar refractivity (Wildman–Crippen MR) is 91.8 cm³/mol. The first-order chi connectivity index (χ1) is 11.8. The topological polar surface area (TPSA) is 113 Å². The summed E-state index contributed by atoms with van der Waals surface area (Å²) in [6.07, 6.45) is 0.836. The first-order valence-corrected chi connectivity index (χ1v) is 7.62. The van der Waals surface area contributed by atoms with Gasteiger partial charge in [0.05, 0.1) is 5.56 Å². The molecule has 1 heterocycles. The molecule has 0 aliphatic heterocycles. The number of nitrogens with zero attached hydrogens (tertiary/aromatic N) is 2. The van der Waals surface area contributed by atoms with Crippen molar-refractivity contribution in [2.45, 2.75) is 13.3 Å². The second-order valence-electron chi connectivity index (χ2n) is 5.52. The van der Waals surface area contributed by atoms with Gasteiger partial charge in [0.25, 0.3) is 5.56 Å². The van der Waals surface area contributed by atoms with Crippen molar-refractivity contribution < 1.29 is 14.3 Å². The molecule has 2 aromatic rings. The predicted octanol–water partition coefficient (Wildman–Crippen LogP) is 0.268. The number of anilines is 1. The minimum atomic E-state index is -0.825. The van der Waals surface area contributed by atoms with E-state index < -0.39 is 29.6 Å². The maximum absolute atomic E-state index is 12.3. The third kappa shape index (κ3) is 3.52. The van der Waals surface area contributed by atoms with Gasteiger partial charge < -0.3 is 10.5 Å². The van der Waals surface area contributed by atoms with Gasteiger partial charge in [0, 0.05) is 14.1 Å². The summed E-state index contributed by atoms with van der Waals surface area (Å²) in [5, 5.41) is 0. The van der Waals surface area contributed by atoms with Gasteiger partial charge in [-0.25, -0.2) is 9.59 Å². The number of esters is 1. The van der Waals surface area contributed by atoms with E-state index >= 15 is 0 Å². The van der Waals surface area contributed by atoms with E-state index in [0.717, 1.165) is 21.1 Å². The molecule has 0 saturated carbocycles. The molecule has 2 N–H and O–H groups in total. The van der Waals surface area contributed by atoms with E-state index in [1.54, 1.807) is 24.3 Å². The van der Waals surface area contributed by atoms with E-state index in [2.05, 4.69) is 0 Å². The minimum absolute atomic E-state index is 0.263. The highest BCUT2D eigenvalue weighted by Crippen LogP contribution is 2.08. The molecule has 1 aromatic heterocycles. The van der Waals surface area contributed by atoms with Gasteiger partial charge >= 0.3 is 11.7 Å². The molecule has 0 bridgehead atoms. The van der Waals surface area contributed by atoms with Gasteiger partial charge in [0.2, 0.25) is 5.78 Å². The molecule has 0 atom stereocenters. The summed E-state index contributed by atoms with van der Waals surface area (Å²) in [5.74, 6) is -1.72. The lowest BCUT2D eigenvalue weighted by molar-refractivity contribution is 0.0474. The van der Waals surface area contributed by atoms with Gasteiger partial charge in [-0.3, -0.25) is 18.7 Å². The minimum Gasteiger partial charge on any atom is -0.454 e. The molecule has 25 heavy (non-hydrogen) atoms. The Morgan fingerprint density at radius 2 is 1.68 bits per heavy atom. The van der Waals surface area contributed by atoms with E-state index in [0.29, 0.717) is 5.56 Å². The average molecular weight is 345 g/mol. The van der Waals surface area contributed by atoms with Crippen molar-refractivity contribution in [3.63, 3.8) is 0 Å². The van der Waals surface area contributed by atoms with E-state index in [1.807, 2.05) is 6.92 Å². The van der Waals surface area contributed by atoms with Crippen LogP contribution in [0.2, 0.25) is 0 Å². The van der Waals surface area contributed by atoms with Crippen molar-refractivity contribution >= 4 is 17.6 Å². The second-order valence-corrected chi connectivity index (χ2v) is 5.52. The van der Waals surface area contributed by atoms with Crippen molar-refractivity contribution in [3.8, 4) is 0 Å². The smallest absolute Gasteiger partial charge is 0.338 e. The van der Waals surface area contributed by atoms with Crippen LogP contribution in [0.3, 0.4) is 0 Å². The number of carbonyl (C=O) groups is 2. The van der Waals surface area contributed by atoms with Crippen molar-refractivity contribution in [1.29, 1.82) is 0 Å². The van der Waals surface area contributed by atoms with E-state index in [4.69, 9.17) is 10.5 Å². The number of rotatable bonds is 5. The van der Waals surface area contributed by atoms with Crippen LogP contribution in [0.4, 0.5) is 5.82 Å². The van der Waals surface area contributed by atoms with Crippen LogP contribution in [-0.2, 0) is 25.3 Å². The summed E-state index contributed by atoms with van der Waals surface area (Å²) in [6, 6.07) is 6.79. The van der Waals surface area contributed by atoms with Gasteiger partial charge in [-0.05, 0) is 24.1 Å². The molecule has 0 unspecified atom stereocenters. The van der Waals surface area contributed by atoms with E-state index in [-0.39, 0.29) is 11.4 Å². The third-order valence-electron chi connectivity index (χ3n) is 3.92. The van der Waals surface area contributed by atoms with Crippen LogP contribution in [0.1, 0.15) is 33.2 Å². The number of hydrogen-bond acceptors (Lipinski definition) is 6. The van der Waals surface area contributed by atoms with Gasteiger partial charge in [-0.15, -0.1) is 0 Å². The fraction of sp³-hybridized carbons (Fsp3) is 0.294.